The summed E-state index contributed by atoms with van der Waals surface area (Å²) in [7, 11) is 4.75. The molecule has 3 aromatic rings. The minimum Gasteiger partial charge on any atom is -0.493 e. The van der Waals surface area contributed by atoms with Gasteiger partial charge in [0.05, 0.1) is 27.9 Å². The maximum Gasteiger partial charge on any atom is 0.246 e. The van der Waals surface area contributed by atoms with Gasteiger partial charge >= 0.3 is 0 Å². The summed E-state index contributed by atoms with van der Waals surface area (Å²) in [6.07, 6.45) is 0. The molecule has 2 unspecified atom stereocenters. The zero-order valence-corrected chi connectivity index (χ0v) is 20.0. The third-order valence-corrected chi connectivity index (χ3v) is 6.71. The topological polar surface area (TPSA) is 73.1 Å². The van der Waals surface area contributed by atoms with Crippen LogP contribution in [-0.4, -0.2) is 56.5 Å². The smallest absolute Gasteiger partial charge is 0.246 e. The van der Waals surface area contributed by atoms with Crippen LogP contribution in [0.1, 0.15) is 19.4 Å². The molecule has 8 nitrogen and oxygen atoms in total. The maximum absolute atomic E-state index is 7.58. The molecule has 2 aromatic heterocycles. The fraction of sp³-hybridized carbons (Fsp3) is 0.435. The molecule has 32 heavy (non-hydrogen) atoms. The van der Waals surface area contributed by atoms with Gasteiger partial charge in [0, 0.05) is 36.1 Å². The number of anilines is 1. The first kappa shape index (κ1) is 22.1. The van der Waals surface area contributed by atoms with E-state index in [1.165, 1.54) is 11.3 Å². The Balaban J connectivity index is 1.95. The third kappa shape index (κ3) is 3.80. The second-order valence-corrected chi connectivity index (χ2v) is 8.96. The van der Waals surface area contributed by atoms with Crippen molar-refractivity contribution in [3.8, 4) is 28.6 Å². The number of hydrogen-bond acceptors (Lipinski definition) is 8. The maximum atomic E-state index is 7.58. The van der Waals surface area contributed by atoms with E-state index in [9.17, 15) is 0 Å². The van der Waals surface area contributed by atoms with Crippen LogP contribution in [-0.2, 0) is 0 Å². The quantitative estimate of drug-likeness (QED) is 0.573. The highest BCUT2D eigenvalue weighted by molar-refractivity contribution is 7.22. The van der Waals surface area contributed by atoms with E-state index in [-0.39, 0.29) is 0 Å². The molecule has 0 bridgehead atoms. The van der Waals surface area contributed by atoms with Crippen molar-refractivity contribution in [1.82, 2.24) is 15.3 Å². The molecule has 2 atom stereocenters. The molecule has 0 aliphatic carbocycles. The molecule has 9 heteroatoms. The van der Waals surface area contributed by atoms with E-state index in [1.807, 2.05) is 19.1 Å². The number of aryl methyl sites for hydroxylation is 1. The number of thiophene rings is 1. The summed E-state index contributed by atoms with van der Waals surface area (Å²) in [5, 5.41) is 5.17. The SMILES string of the molecule is [C-]#[N+]c1sc2nc(-c3cc(OC)c(OC)c(OC)c3)nc(N3CC(C)NC(C)C3)c2c1C. The highest BCUT2D eigenvalue weighted by atomic mass is 32.1. The van der Waals surface area contributed by atoms with Crippen molar-refractivity contribution in [3.05, 3.63) is 29.1 Å². The number of methoxy groups -OCH3 is 3. The lowest BCUT2D eigenvalue weighted by Gasteiger charge is -2.37. The van der Waals surface area contributed by atoms with Crippen LogP contribution in [0.4, 0.5) is 10.8 Å². The van der Waals surface area contributed by atoms with Gasteiger partial charge in [0.1, 0.15) is 10.6 Å². The molecule has 0 radical (unpaired) electrons. The van der Waals surface area contributed by atoms with E-state index >= 15 is 0 Å². The van der Waals surface area contributed by atoms with Gasteiger partial charge in [0.15, 0.2) is 17.3 Å². The zero-order chi connectivity index (χ0) is 23.0. The number of piperazine rings is 1. The van der Waals surface area contributed by atoms with Crippen LogP contribution >= 0.6 is 11.3 Å². The second kappa shape index (κ2) is 8.81. The molecule has 1 aliphatic heterocycles. The summed E-state index contributed by atoms with van der Waals surface area (Å²) >= 11 is 1.41. The summed E-state index contributed by atoms with van der Waals surface area (Å²) in [6.45, 7) is 15.6. The molecular formula is C23H27N5O3S. The molecule has 0 saturated carbocycles. The van der Waals surface area contributed by atoms with Crippen molar-refractivity contribution in [2.24, 2.45) is 0 Å². The van der Waals surface area contributed by atoms with Crippen molar-refractivity contribution in [2.75, 3.05) is 39.3 Å². The summed E-state index contributed by atoms with van der Waals surface area (Å²) in [6, 6.07) is 4.36. The van der Waals surface area contributed by atoms with Crippen molar-refractivity contribution < 1.29 is 14.2 Å². The van der Waals surface area contributed by atoms with Gasteiger partial charge in [-0.25, -0.2) is 14.8 Å². The highest BCUT2D eigenvalue weighted by Crippen LogP contribution is 2.44. The van der Waals surface area contributed by atoms with E-state index in [2.05, 4.69) is 28.9 Å². The van der Waals surface area contributed by atoms with E-state index < -0.39 is 0 Å². The number of nitrogens with one attached hydrogen (secondary N) is 1. The molecule has 1 aromatic carbocycles. The third-order valence-electron chi connectivity index (χ3n) is 5.63. The first-order valence-electron chi connectivity index (χ1n) is 10.4. The number of aromatic nitrogens is 2. The molecule has 168 valence electrons. The molecule has 1 saturated heterocycles. The minimum absolute atomic E-state index is 0.327. The van der Waals surface area contributed by atoms with Crippen LogP contribution in [0.15, 0.2) is 12.1 Å². The Bertz CT molecular complexity index is 1170. The van der Waals surface area contributed by atoms with Crippen molar-refractivity contribution in [1.29, 1.82) is 0 Å². The first-order valence-corrected chi connectivity index (χ1v) is 11.2. The van der Waals surface area contributed by atoms with E-state index in [4.69, 9.17) is 30.8 Å². The van der Waals surface area contributed by atoms with Crippen molar-refractivity contribution in [3.63, 3.8) is 0 Å². The van der Waals surface area contributed by atoms with Gasteiger partial charge in [-0.15, -0.1) is 11.3 Å². The lowest BCUT2D eigenvalue weighted by molar-refractivity contribution is 0.324. The Morgan fingerprint density at radius 3 is 2.22 bits per heavy atom. The van der Waals surface area contributed by atoms with Gasteiger partial charge < -0.3 is 24.4 Å². The average Bonchev–Trinajstić information content (AvgIpc) is 3.12. The van der Waals surface area contributed by atoms with Crippen molar-refractivity contribution in [2.45, 2.75) is 32.9 Å². The summed E-state index contributed by atoms with van der Waals surface area (Å²) in [4.78, 5) is 16.7. The number of fused-ring (bicyclic) bond motifs is 1. The van der Waals surface area contributed by atoms with Crippen LogP contribution < -0.4 is 24.4 Å². The number of benzene rings is 1. The lowest BCUT2D eigenvalue weighted by Crippen LogP contribution is -2.54. The fourth-order valence-electron chi connectivity index (χ4n) is 4.28. The van der Waals surface area contributed by atoms with Crippen LogP contribution in [0.5, 0.6) is 17.2 Å². The number of ether oxygens (including phenoxy) is 3. The van der Waals surface area contributed by atoms with Crippen LogP contribution in [0.2, 0.25) is 0 Å². The fourth-order valence-corrected chi connectivity index (χ4v) is 5.24. The normalized spacial score (nSPS) is 18.5. The largest absolute Gasteiger partial charge is 0.493 e. The zero-order valence-electron chi connectivity index (χ0n) is 19.1. The Morgan fingerprint density at radius 2 is 1.69 bits per heavy atom. The Labute approximate surface area is 192 Å². The van der Waals surface area contributed by atoms with E-state index in [0.29, 0.717) is 40.2 Å². The Kier molecular flexibility index (Phi) is 6.09. The molecule has 1 aliphatic rings. The highest BCUT2D eigenvalue weighted by Gasteiger charge is 2.27. The standard InChI is InChI=1S/C23H27N5O3S/c1-12-10-28(11-13(2)25-12)21-18-14(3)22(24-4)32-23(18)27-20(26-21)15-8-16(29-5)19(31-7)17(9-15)30-6/h8-9,12-13,25H,10-11H2,1-3,5-7H3. The van der Waals surface area contributed by atoms with Crippen LogP contribution in [0.3, 0.4) is 0 Å². The number of nitrogens with zero attached hydrogens (tertiary/aromatic N) is 4. The van der Waals surface area contributed by atoms with Gasteiger partial charge in [-0.05, 0) is 38.5 Å². The van der Waals surface area contributed by atoms with Crippen LogP contribution in [0, 0.1) is 13.5 Å². The van der Waals surface area contributed by atoms with Gasteiger partial charge in [-0.3, -0.25) is 0 Å². The van der Waals surface area contributed by atoms with E-state index in [1.54, 1.807) is 21.3 Å². The molecule has 3 heterocycles. The molecule has 4 rings (SSSR count). The predicted molar refractivity (Wildman–Crippen MR) is 128 cm³/mol. The Hall–Kier alpha value is -3.09. The number of rotatable bonds is 5. The molecule has 0 spiro atoms. The monoisotopic (exact) mass is 453 g/mol. The van der Waals surface area contributed by atoms with Crippen molar-refractivity contribution >= 4 is 32.4 Å². The predicted octanol–water partition coefficient (Wildman–Crippen LogP) is 4.43. The Morgan fingerprint density at radius 1 is 1.06 bits per heavy atom. The molecule has 1 fully saturated rings. The minimum atomic E-state index is 0.327. The summed E-state index contributed by atoms with van der Waals surface area (Å²) in [5.74, 6) is 3.03. The van der Waals surface area contributed by atoms with Crippen LogP contribution in [0.25, 0.3) is 26.4 Å². The summed E-state index contributed by atoms with van der Waals surface area (Å²) in [5.41, 5.74) is 1.69. The lowest BCUT2D eigenvalue weighted by atomic mass is 10.1. The molecule has 1 N–H and O–H groups in total. The van der Waals surface area contributed by atoms with E-state index in [0.717, 1.165) is 40.3 Å². The van der Waals surface area contributed by atoms with Gasteiger partial charge in [0.25, 0.3) is 0 Å². The van der Waals surface area contributed by atoms with Gasteiger partial charge in [-0.1, -0.05) is 0 Å². The van der Waals surface area contributed by atoms with Gasteiger partial charge in [0.2, 0.25) is 10.8 Å². The second-order valence-electron chi connectivity index (χ2n) is 7.98. The molecular weight excluding hydrogens is 426 g/mol. The first-order chi connectivity index (χ1) is 15.4. The number of hydrogen-bond donors (Lipinski definition) is 1. The molecule has 0 amide bonds. The summed E-state index contributed by atoms with van der Waals surface area (Å²) < 4.78 is 16.5. The average molecular weight is 454 g/mol. The van der Waals surface area contributed by atoms with Gasteiger partial charge in [-0.2, -0.15) is 0 Å².